The van der Waals surface area contributed by atoms with E-state index < -0.39 is 223 Å². The van der Waals surface area contributed by atoms with Crippen LogP contribution in [0, 0.1) is 17.8 Å². The third-order valence-corrected chi connectivity index (χ3v) is 23.4. The maximum Gasteiger partial charge on any atom is 0.322 e. The van der Waals surface area contributed by atoms with E-state index in [0.29, 0.717) is 50.5 Å². The van der Waals surface area contributed by atoms with Crippen LogP contribution in [0.3, 0.4) is 0 Å². The molecule has 14 atom stereocenters. The minimum atomic E-state index is -1.81. The molecule has 0 aliphatic carbocycles. The van der Waals surface area contributed by atoms with Crippen LogP contribution in [0.2, 0.25) is 0 Å². The summed E-state index contributed by atoms with van der Waals surface area (Å²) in [7, 11) is 0. The maximum atomic E-state index is 15.3. The Morgan fingerprint density at radius 2 is 0.877 bits per heavy atom. The van der Waals surface area contributed by atoms with Crippen molar-refractivity contribution in [2.24, 2.45) is 29.2 Å². The first-order chi connectivity index (χ1) is 61.8. The van der Waals surface area contributed by atoms with Gasteiger partial charge in [-0.25, -0.2) is 0 Å². The molecule has 8 rings (SSSR count). The highest BCUT2D eigenvalue weighted by Gasteiger charge is 2.43. The fourth-order valence-corrected chi connectivity index (χ4v) is 15.8. The normalized spacial score (nSPS) is 15.6. The van der Waals surface area contributed by atoms with Crippen molar-refractivity contribution in [3.8, 4) is 5.75 Å². The highest BCUT2D eigenvalue weighted by atomic mass is 32.2. The van der Waals surface area contributed by atoms with Crippen LogP contribution in [0.1, 0.15) is 116 Å². The Bertz CT molecular complexity index is 5220. The van der Waals surface area contributed by atoms with Crippen LogP contribution in [0.4, 0.5) is 0 Å². The summed E-state index contributed by atoms with van der Waals surface area (Å²) in [5, 5.41) is 65.4. The summed E-state index contributed by atoms with van der Waals surface area (Å²) in [6.45, 7) is 10.7. The van der Waals surface area contributed by atoms with Gasteiger partial charge in [0.1, 0.15) is 90.8 Å². The molecule has 4 aromatic carbocycles. The van der Waals surface area contributed by atoms with E-state index in [1.807, 2.05) is 18.2 Å². The van der Waals surface area contributed by atoms with Crippen LogP contribution in [-0.2, 0) is 107 Å². The molecule has 0 spiro atoms. The number of carbonyl (C=O) groups is 17. The van der Waals surface area contributed by atoms with Crippen molar-refractivity contribution >= 4 is 170 Å². The quantitative estimate of drug-likeness (QED) is 0.0226. The first-order valence-electron chi connectivity index (χ1n) is 42.6. The molecule has 130 heavy (non-hydrogen) atoms. The Hall–Kier alpha value is -12.7. The van der Waals surface area contributed by atoms with Gasteiger partial charge in [0.25, 0.3) is 0 Å². The van der Waals surface area contributed by atoms with Gasteiger partial charge in [0.15, 0.2) is 0 Å². The molecule has 15 amide bonds. The van der Waals surface area contributed by atoms with Gasteiger partial charge in [-0.15, -0.1) is 0 Å². The molecule has 1 aliphatic rings. The number of aromatic amines is 3. The van der Waals surface area contributed by atoms with Gasteiger partial charge in [-0.3, -0.25) is 81.5 Å². The van der Waals surface area contributed by atoms with Crippen LogP contribution < -0.4 is 80.6 Å². The van der Waals surface area contributed by atoms with Crippen molar-refractivity contribution in [2.75, 3.05) is 36.6 Å². The van der Waals surface area contributed by atoms with Gasteiger partial charge < -0.3 is 116 Å². The predicted octanol–water partition coefficient (Wildman–Crippen LogP) is 0.174. The highest BCUT2D eigenvalue weighted by molar-refractivity contribution is 7.98. The molecule has 39 nitrogen and oxygen atoms in total. The maximum absolute atomic E-state index is 15.3. The molecule has 42 heteroatoms. The summed E-state index contributed by atoms with van der Waals surface area (Å²) in [5.74, 6) is -18.5. The molecule has 4 heterocycles. The second-order valence-electron chi connectivity index (χ2n) is 33.1. The molecule has 3 aromatic heterocycles. The number of aliphatic carboxylic acids is 2. The standard InChI is InChI=1S/C88H117N19O20S3/c1-44(2)32-61(79(118)104-67(42-128)83(122)102-65(37-70(89)109)82(121)97-60(29-31-130-8)78(117)100-63(76(115)94-41-72(112)113)34-49-38-91-56-19-12-9-16-53(49)56)98-80(119)62(33-48-23-25-52(108)26-24-48)99-81(120)64(35-50-39-92-57-20-13-10-17-54(50)57)101-77(116)59(27-28-71(110)111)96-75(114)47(7)95-87(126)74(46(5)6)106-85(124)69-22-15-30-107(69)88(127)66(36-51-40-93-58-21-14-11-18-55(51)58)103-84(123)68(43-129)105-86(125)73(90)45(3)4/h9-14,16-21,23-26,38-40,44-47,59-69,73-74,91-93,108,128-129H,15,22,27-37,41-43,90H2,1-8H3,(H2,89,109)(H,94,115)(H,95,126)(H,96,114)(H,97,121)(H,98,119)(H,99,120)(H,100,117)(H,101,116)(H,102,122)(H,103,123)(H,104,118)(H,105,125)(H,106,124)(H,110,111)(H,112,113)/t47-,59-,60-,61-,62-,63-,64-,65-,66-,67-,68-,69-,73-,74-/m0/s1. The first-order valence-corrected chi connectivity index (χ1v) is 45.3. The number of benzene rings is 4. The number of H-pyrrole nitrogens is 3. The Balaban J connectivity index is 0.976. The molecule has 0 saturated carbocycles. The zero-order chi connectivity index (χ0) is 95.3. The highest BCUT2D eigenvalue weighted by Crippen LogP contribution is 2.27. The van der Waals surface area contributed by atoms with Gasteiger partial charge in [-0.05, 0) is 121 Å². The number of carbonyl (C=O) groups excluding carboxylic acids is 15. The van der Waals surface area contributed by atoms with E-state index in [4.69, 9.17) is 11.5 Å². The number of phenolic OH excluding ortho intramolecular Hbond substituents is 1. The number of thioether (sulfide) groups is 1. The molecular formula is C88H117N19O20S3. The van der Waals surface area contributed by atoms with E-state index in [2.05, 4.69) is 109 Å². The largest absolute Gasteiger partial charge is 0.508 e. The van der Waals surface area contributed by atoms with Crippen LogP contribution in [0.25, 0.3) is 32.7 Å². The summed E-state index contributed by atoms with van der Waals surface area (Å²) in [6.07, 6.45) is 3.83. The number of likely N-dealkylation sites (tertiary alicyclic amines) is 1. The van der Waals surface area contributed by atoms with E-state index in [1.165, 1.54) is 47.9 Å². The third kappa shape index (κ3) is 29.7. The van der Waals surface area contributed by atoms with Crippen molar-refractivity contribution in [3.05, 3.63) is 138 Å². The van der Waals surface area contributed by atoms with Crippen molar-refractivity contribution in [1.82, 2.24) is 89.0 Å². The lowest BCUT2D eigenvalue weighted by Gasteiger charge is -2.31. The molecule has 1 saturated heterocycles. The number of amides is 15. The van der Waals surface area contributed by atoms with Gasteiger partial charge in [0.05, 0.1) is 12.5 Å². The van der Waals surface area contributed by atoms with Crippen molar-refractivity contribution < 1.29 is 96.8 Å². The van der Waals surface area contributed by atoms with Gasteiger partial charge in [0, 0.05) is 101 Å². The number of nitrogens with two attached hydrogens (primary N) is 2. The molecule has 1 fully saturated rings. The van der Waals surface area contributed by atoms with E-state index in [-0.39, 0.29) is 80.6 Å². The summed E-state index contributed by atoms with van der Waals surface area (Å²) in [5.41, 5.74) is 15.8. The number of thiol groups is 2. The van der Waals surface area contributed by atoms with Crippen LogP contribution in [-0.4, -0.2) is 257 Å². The van der Waals surface area contributed by atoms with E-state index in [9.17, 15) is 87.2 Å². The number of para-hydroxylation sites is 3. The van der Waals surface area contributed by atoms with Crippen molar-refractivity contribution in [3.63, 3.8) is 0 Å². The number of nitrogens with one attached hydrogen (secondary N) is 16. The van der Waals surface area contributed by atoms with E-state index in [0.717, 1.165) is 10.9 Å². The minimum absolute atomic E-state index is 0.0583. The van der Waals surface area contributed by atoms with Crippen LogP contribution in [0.5, 0.6) is 5.75 Å². The number of carboxylic acid groups (broad SMARTS) is 2. The average Bonchev–Trinajstić information content (AvgIpc) is 1.66. The number of fused-ring (bicyclic) bond motifs is 3. The molecule has 702 valence electrons. The number of aromatic nitrogens is 3. The molecule has 23 N–H and O–H groups in total. The monoisotopic (exact) mass is 1860 g/mol. The summed E-state index contributed by atoms with van der Waals surface area (Å²) in [4.78, 5) is 249. The van der Waals surface area contributed by atoms with Gasteiger partial charge in [-0.2, -0.15) is 37.0 Å². The second-order valence-corrected chi connectivity index (χ2v) is 34.8. The van der Waals surface area contributed by atoms with Crippen molar-refractivity contribution in [1.29, 1.82) is 0 Å². The number of carboxylic acids is 2. The summed E-state index contributed by atoms with van der Waals surface area (Å²) >= 11 is 9.94. The molecule has 0 unspecified atom stereocenters. The third-order valence-electron chi connectivity index (χ3n) is 22.0. The second kappa shape index (κ2) is 49.2. The summed E-state index contributed by atoms with van der Waals surface area (Å²) in [6, 6.07) is 6.36. The van der Waals surface area contributed by atoms with E-state index in [1.54, 1.807) is 121 Å². The number of hydrogen-bond acceptors (Lipinski definition) is 22. The lowest BCUT2D eigenvalue weighted by atomic mass is 9.99. The fraction of sp³-hybridized carbons (Fsp3) is 0.466. The summed E-state index contributed by atoms with van der Waals surface area (Å²) < 4.78 is 0. The number of nitrogens with zero attached hydrogens (tertiary/aromatic N) is 1. The van der Waals surface area contributed by atoms with Crippen LogP contribution >= 0.6 is 37.0 Å². The number of aromatic hydroxyl groups is 1. The Morgan fingerprint density at radius 3 is 1.35 bits per heavy atom. The van der Waals surface area contributed by atoms with Crippen molar-refractivity contribution in [2.45, 2.75) is 204 Å². The SMILES string of the molecule is CSCC[C@H](NC(=O)[C@H](CC(N)=O)NC(=O)[C@H](CS)NC(=O)[C@H](CC(C)C)NC(=O)[C@H](Cc1ccc(O)cc1)NC(=O)[C@H](Cc1c[nH]c2ccccc12)NC(=O)[C@H](CCC(=O)O)NC(=O)[C@H](C)NC(=O)[C@@H](NC(=O)[C@@H]1CCCN1C(=O)[C@H](Cc1c[nH]c2ccccc12)NC(=O)[C@H](CS)NC(=O)[C@@H](N)C(C)C)C(C)C)C(=O)N[C@@H](Cc1c[nH]c2ccccc12)C(=O)NCC(=O)O. The van der Waals surface area contributed by atoms with Gasteiger partial charge in [-0.1, -0.05) is 108 Å². The zero-order valence-corrected chi connectivity index (χ0v) is 75.9. The van der Waals surface area contributed by atoms with Gasteiger partial charge in [0.2, 0.25) is 88.6 Å². The Labute approximate surface area is 765 Å². The number of hydrogen-bond donors (Lipinski definition) is 23. The lowest BCUT2D eigenvalue weighted by Crippen LogP contribution is -2.61. The van der Waals surface area contributed by atoms with Gasteiger partial charge >= 0.3 is 11.9 Å². The Morgan fingerprint density at radius 1 is 0.462 bits per heavy atom. The molecule has 7 aromatic rings. The van der Waals surface area contributed by atoms with E-state index >= 15 is 9.59 Å². The lowest BCUT2D eigenvalue weighted by molar-refractivity contribution is -0.142. The molecular weight excluding hydrogens is 1740 g/mol. The first kappa shape index (κ1) is 103. The zero-order valence-electron chi connectivity index (χ0n) is 73.3. The molecule has 0 radical (unpaired) electrons. The fourth-order valence-electron chi connectivity index (χ4n) is 14.8. The minimum Gasteiger partial charge on any atom is -0.508 e. The number of rotatable bonds is 50. The molecule has 1 aliphatic heterocycles. The topological polar surface area (TPSA) is 610 Å². The number of primary amides is 1. The number of phenols is 1. The van der Waals surface area contributed by atoms with Crippen LogP contribution in [0.15, 0.2) is 116 Å². The predicted molar refractivity (Wildman–Crippen MR) is 491 cm³/mol. The smallest absolute Gasteiger partial charge is 0.322 e. The molecule has 0 bridgehead atoms. The Kier molecular flexibility index (Phi) is 38.9. The average molecular weight is 1860 g/mol.